The van der Waals surface area contributed by atoms with E-state index >= 15 is 0 Å². The zero-order valence-electron chi connectivity index (χ0n) is 9.97. The SMILES string of the molecule is C=CS(=O)(=O)N(c1ccncc1)c1ccc(O)cc1. The summed E-state index contributed by atoms with van der Waals surface area (Å²) >= 11 is 0. The Morgan fingerprint density at radius 3 is 2.11 bits per heavy atom. The van der Waals surface area contributed by atoms with E-state index in [2.05, 4.69) is 11.6 Å². The minimum atomic E-state index is -3.69. The summed E-state index contributed by atoms with van der Waals surface area (Å²) in [4.78, 5) is 3.86. The number of phenolic OH excluding ortho intramolecular Hbond substituents is 1. The lowest BCUT2D eigenvalue weighted by Crippen LogP contribution is -2.23. The van der Waals surface area contributed by atoms with Gasteiger partial charge in [0, 0.05) is 17.8 Å². The molecule has 2 aromatic rings. The average Bonchev–Trinajstić information content (AvgIpc) is 2.42. The van der Waals surface area contributed by atoms with Gasteiger partial charge in [0.2, 0.25) is 0 Å². The molecule has 0 unspecified atom stereocenters. The molecule has 0 aliphatic carbocycles. The lowest BCUT2D eigenvalue weighted by molar-refractivity contribution is 0.475. The number of phenols is 1. The minimum absolute atomic E-state index is 0.0643. The van der Waals surface area contributed by atoms with Gasteiger partial charge in [-0.15, -0.1) is 0 Å². The highest BCUT2D eigenvalue weighted by molar-refractivity contribution is 7.95. The van der Waals surface area contributed by atoms with Crippen molar-refractivity contribution in [3.63, 3.8) is 0 Å². The summed E-state index contributed by atoms with van der Waals surface area (Å²) in [6.07, 6.45) is 3.00. The van der Waals surface area contributed by atoms with E-state index in [4.69, 9.17) is 0 Å². The van der Waals surface area contributed by atoms with Crippen molar-refractivity contribution in [3.05, 3.63) is 60.8 Å². The van der Waals surface area contributed by atoms with Gasteiger partial charge in [0.1, 0.15) is 5.75 Å². The van der Waals surface area contributed by atoms with Crippen LogP contribution in [0.4, 0.5) is 11.4 Å². The van der Waals surface area contributed by atoms with Gasteiger partial charge in [-0.3, -0.25) is 4.98 Å². The molecule has 1 aromatic heterocycles. The first kappa shape index (κ1) is 13.1. The molecule has 98 valence electrons. The topological polar surface area (TPSA) is 70.5 Å². The summed E-state index contributed by atoms with van der Waals surface area (Å²) in [5, 5.41) is 10.1. The molecule has 0 radical (unpaired) electrons. The molecule has 0 saturated heterocycles. The molecule has 5 nitrogen and oxygen atoms in total. The third-order valence-corrected chi connectivity index (χ3v) is 3.80. The van der Waals surface area contributed by atoms with Crippen LogP contribution in [-0.4, -0.2) is 18.5 Å². The van der Waals surface area contributed by atoms with Gasteiger partial charge in [-0.05, 0) is 36.4 Å². The van der Waals surface area contributed by atoms with Crippen LogP contribution in [0.15, 0.2) is 60.8 Å². The Morgan fingerprint density at radius 1 is 1.05 bits per heavy atom. The predicted octanol–water partition coefficient (Wildman–Crippen LogP) is 2.40. The number of benzene rings is 1. The normalized spacial score (nSPS) is 10.9. The largest absolute Gasteiger partial charge is 0.508 e. The van der Waals surface area contributed by atoms with Crippen LogP contribution in [0.1, 0.15) is 0 Å². The zero-order chi connectivity index (χ0) is 13.9. The summed E-state index contributed by atoms with van der Waals surface area (Å²) in [5.74, 6) is 0.0643. The van der Waals surface area contributed by atoms with Crippen molar-refractivity contribution in [2.24, 2.45) is 0 Å². The van der Waals surface area contributed by atoms with E-state index in [1.807, 2.05) is 0 Å². The first-order valence-corrected chi connectivity index (χ1v) is 6.92. The predicted molar refractivity (Wildman–Crippen MR) is 73.6 cm³/mol. The Bertz CT molecular complexity index is 667. The van der Waals surface area contributed by atoms with E-state index in [1.165, 1.54) is 36.7 Å². The van der Waals surface area contributed by atoms with Crippen LogP contribution in [0.3, 0.4) is 0 Å². The maximum Gasteiger partial charge on any atom is 0.261 e. The van der Waals surface area contributed by atoms with Crippen LogP contribution in [0.2, 0.25) is 0 Å². The van der Waals surface area contributed by atoms with Crippen LogP contribution in [-0.2, 0) is 10.0 Å². The first-order valence-electron chi connectivity index (χ1n) is 5.41. The van der Waals surface area contributed by atoms with Gasteiger partial charge >= 0.3 is 0 Å². The van der Waals surface area contributed by atoms with Gasteiger partial charge in [-0.1, -0.05) is 6.58 Å². The molecule has 0 amide bonds. The maximum absolute atomic E-state index is 12.1. The highest BCUT2D eigenvalue weighted by atomic mass is 32.2. The maximum atomic E-state index is 12.1. The fraction of sp³-hybridized carbons (Fsp3) is 0. The molecule has 0 saturated carbocycles. The van der Waals surface area contributed by atoms with Crippen molar-refractivity contribution < 1.29 is 13.5 Å². The van der Waals surface area contributed by atoms with E-state index in [0.717, 1.165) is 9.71 Å². The van der Waals surface area contributed by atoms with Crippen LogP contribution >= 0.6 is 0 Å². The number of anilines is 2. The van der Waals surface area contributed by atoms with Crippen LogP contribution in [0, 0.1) is 0 Å². The van der Waals surface area contributed by atoms with E-state index in [0.29, 0.717) is 11.4 Å². The van der Waals surface area contributed by atoms with Gasteiger partial charge in [-0.2, -0.15) is 0 Å². The molecule has 0 fully saturated rings. The van der Waals surface area contributed by atoms with Crippen molar-refractivity contribution >= 4 is 21.4 Å². The molecular weight excluding hydrogens is 264 g/mol. The summed E-state index contributed by atoms with van der Waals surface area (Å²) in [6.45, 7) is 3.33. The number of rotatable bonds is 4. The number of aromatic nitrogens is 1. The first-order chi connectivity index (χ1) is 9.04. The van der Waals surface area contributed by atoms with Crippen LogP contribution < -0.4 is 4.31 Å². The smallest absolute Gasteiger partial charge is 0.261 e. The van der Waals surface area contributed by atoms with Crippen LogP contribution in [0.5, 0.6) is 5.75 Å². The molecule has 0 aliphatic rings. The van der Waals surface area contributed by atoms with Crippen molar-refractivity contribution in [3.8, 4) is 5.75 Å². The quantitative estimate of drug-likeness (QED) is 0.930. The minimum Gasteiger partial charge on any atom is -0.508 e. The Hall–Kier alpha value is -2.34. The highest BCUT2D eigenvalue weighted by Gasteiger charge is 2.21. The standard InChI is InChI=1S/C13H12N2O3S/c1-2-19(17,18)15(12-7-9-14-10-8-12)11-3-5-13(16)6-4-11/h2-10,16H,1H2. The molecule has 1 heterocycles. The fourth-order valence-corrected chi connectivity index (χ4v) is 2.57. The Balaban J connectivity index is 2.59. The lowest BCUT2D eigenvalue weighted by Gasteiger charge is -2.22. The van der Waals surface area contributed by atoms with E-state index < -0.39 is 10.0 Å². The van der Waals surface area contributed by atoms with Crippen molar-refractivity contribution in [2.45, 2.75) is 0 Å². The Labute approximate surface area is 111 Å². The second-order valence-corrected chi connectivity index (χ2v) is 5.43. The molecular formula is C13H12N2O3S. The van der Waals surface area contributed by atoms with E-state index in [-0.39, 0.29) is 5.75 Å². The molecule has 2 rings (SSSR count). The van der Waals surface area contributed by atoms with Crippen molar-refractivity contribution in [1.29, 1.82) is 0 Å². The number of aromatic hydroxyl groups is 1. The number of nitrogens with zero attached hydrogens (tertiary/aromatic N) is 2. The molecule has 0 atom stereocenters. The molecule has 6 heteroatoms. The summed E-state index contributed by atoms with van der Waals surface area (Å²) in [5.41, 5.74) is 0.851. The molecule has 1 aromatic carbocycles. The van der Waals surface area contributed by atoms with Gasteiger partial charge in [-0.25, -0.2) is 12.7 Å². The van der Waals surface area contributed by atoms with Gasteiger partial charge in [0.25, 0.3) is 10.0 Å². The number of pyridine rings is 1. The molecule has 0 spiro atoms. The second kappa shape index (κ2) is 5.11. The zero-order valence-corrected chi connectivity index (χ0v) is 10.8. The molecule has 0 aliphatic heterocycles. The summed E-state index contributed by atoms with van der Waals surface area (Å²) < 4.78 is 25.3. The molecule has 1 N–H and O–H groups in total. The number of hydrogen-bond donors (Lipinski definition) is 1. The van der Waals surface area contributed by atoms with Gasteiger partial charge in [0.15, 0.2) is 0 Å². The number of hydrogen-bond acceptors (Lipinski definition) is 4. The Kier molecular flexibility index (Phi) is 3.52. The summed E-state index contributed by atoms with van der Waals surface area (Å²) in [7, 11) is -3.69. The van der Waals surface area contributed by atoms with Crippen molar-refractivity contribution in [2.75, 3.05) is 4.31 Å². The van der Waals surface area contributed by atoms with E-state index in [1.54, 1.807) is 12.1 Å². The van der Waals surface area contributed by atoms with Crippen molar-refractivity contribution in [1.82, 2.24) is 4.98 Å². The fourth-order valence-electron chi connectivity index (χ4n) is 1.58. The highest BCUT2D eigenvalue weighted by Crippen LogP contribution is 2.29. The van der Waals surface area contributed by atoms with Gasteiger partial charge in [0.05, 0.1) is 11.4 Å². The molecule has 19 heavy (non-hydrogen) atoms. The second-order valence-electron chi connectivity index (χ2n) is 3.70. The Morgan fingerprint density at radius 2 is 1.58 bits per heavy atom. The summed E-state index contributed by atoms with van der Waals surface area (Å²) in [6, 6.07) is 9.01. The molecule has 0 bridgehead atoms. The van der Waals surface area contributed by atoms with E-state index in [9.17, 15) is 13.5 Å². The van der Waals surface area contributed by atoms with Crippen LogP contribution in [0.25, 0.3) is 0 Å². The average molecular weight is 276 g/mol. The lowest BCUT2D eigenvalue weighted by atomic mass is 10.3. The number of sulfonamides is 1. The third-order valence-electron chi connectivity index (χ3n) is 2.45. The van der Waals surface area contributed by atoms with Gasteiger partial charge < -0.3 is 5.11 Å². The third kappa shape index (κ3) is 2.74. The monoisotopic (exact) mass is 276 g/mol.